The van der Waals surface area contributed by atoms with Crippen molar-refractivity contribution in [2.24, 2.45) is 0 Å². The molecule has 7 heteroatoms. The summed E-state index contributed by atoms with van der Waals surface area (Å²) in [6.07, 6.45) is 3.53. The second kappa shape index (κ2) is 6.07. The van der Waals surface area contributed by atoms with Gasteiger partial charge in [-0.2, -0.15) is 4.31 Å². The van der Waals surface area contributed by atoms with E-state index in [9.17, 15) is 12.8 Å². The van der Waals surface area contributed by atoms with Crippen LogP contribution in [0.2, 0.25) is 0 Å². The molecular weight excluding hydrogens is 283 g/mol. The second-order valence-electron chi connectivity index (χ2n) is 4.96. The lowest BCUT2D eigenvalue weighted by Crippen LogP contribution is -2.40. The number of nitrogens with zero attached hydrogens (tertiary/aromatic N) is 1. The summed E-state index contributed by atoms with van der Waals surface area (Å²) in [6.45, 7) is -0.198. The molecule has 3 N–H and O–H groups in total. The maximum absolute atomic E-state index is 13.2. The highest BCUT2D eigenvalue weighted by molar-refractivity contribution is 7.89. The molecule has 0 heterocycles. The van der Waals surface area contributed by atoms with E-state index in [4.69, 9.17) is 10.8 Å². The number of hydrogen-bond acceptors (Lipinski definition) is 4. The van der Waals surface area contributed by atoms with Gasteiger partial charge in [-0.25, -0.2) is 12.8 Å². The standard InChI is InChI=1S/C13H19FN2O3S/c14-12-6-5-11(9-13(12)15)20(18,19)16(7-8-17)10-3-1-2-4-10/h5-6,9-10,17H,1-4,7-8,15H2. The molecule has 1 aliphatic carbocycles. The SMILES string of the molecule is Nc1cc(S(=O)(=O)N(CCO)C2CCCC2)ccc1F. The van der Waals surface area contributed by atoms with E-state index in [-0.39, 0.29) is 29.8 Å². The van der Waals surface area contributed by atoms with Gasteiger partial charge in [-0.3, -0.25) is 0 Å². The van der Waals surface area contributed by atoms with E-state index in [2.05, 4.69) is 0 Å². The van der Waals surface area contributed by atoms with E-state index in [0.29, 0.717) is 0 Å². The number of aliphatic hydroxyl groups excluding tert-OH is 1. The Morgan fingerprint density at radius 3 is 2.55 bits per heavy atom. The number of sulfonamides is 1. The first-order valence-corrected chi connectivity index (χ1v) is 8.08. The number of hydrogen-bond donors (Lipinski definition) is 2. The number of nitrogen functional groups attached to an aromatic ring is 1. The van der Waals surface area contributed by atoms with Crippen LogP contribution < -0.4 is 5.73 Å². The van der Waals surface area contributed by atoms with Crippen molar-refractivity contribution in [1.29, 1.82) is 0 Å². The average molecular weight is 302 g/mol. The van der Waals surface area contributed by atoms with Crippen LogP contribution in [0.1, 0.15) is 25.7 Å². The lowest BCUT2D eigenvalue weighted by Gasteiger charge is -2.27. The molecule has 0 atom stereocenters. The highest BCUT2D eigenvalue weighted by Crippen LogP contribution is 2.29. The third kappa shape index (κ3) is 2.94. The van der Waals surface area contributed by atoms with Crippen LogP contribution in [0.5, 0.6) is 0 Å². The second-order valence-corrected chi connectivity index (χ2v) is 6.85. The summed E-state index contributed by atoms with van der Waals surface area (Å²) in [6, 6.07) is 3.29. The van der Waals surface area contributed by atoms with Gasteiger partial charge in [0.15, 0.2) is 0 Å². The molecule has 0 unspecified atom stereocenters. The smallest absolute Gasteiger partial charge is 0.243 e. The number of benzene rings is 1. The van der Waals surface area contributed by atoms with Gasteiger partial charge in [-0.05, 0) is 31.0 Å². The summed E-state index contributed by atoms with van der Waals surface area (Å²) in [4.78, 5) is -0.0308. The van der Waals surface area contributed by atoms with Gasteiger partial charge in [0.05, 0.1) is 17.2 Å². The predicted molar refractivity (Wildman–Crippen MR) is 74.0 cm³/mol. The maximum Gasteiger partial charge on any atom is 0.243 e. The summed E-state index contributed by atoms with van der Waals surface area (Å²) in [5.41, 5.74) is 5.24. The Hall–Kier alpha value is -1.18. The van der Waals surface area contributed by atoms with Gasteiger partial charge in [0.25, 0.3) is 0 Å². The first kappa shape index (κ1) is 15.2. The minimum atomic E-state index is -3.76. The fourth-order valence-corrected chi connectivity index (χ4v) is 4.32. The minimum absolute atomic E-state index is 0.0308. The Kier molecular flexibility index (Phi) is 4.62. The van der Waals surface area contributed by atoms with Gasteiger partial charge in [-0.1, -0.05) is 12.8 Å². The van der Waals surface area contributed by atoms with Crippen LogP contribution in [-0.4, -0.2) is 37.0 Å². The molecule has 1 aliphatic rings. The topological polar surface area (TPSA) is 83.6 Å². The van der Waals surface area contributed by atoms with Crippen LogP contribution in [0, 0.1) is 5.82 Å². The largest absolute Gasteiger partial charge is 0.396 e. The lowest BCUT2D eigenvalue weighted by atomic mass is 10.2. The predicted octanol–water partition coefficient (Wildman–Crippen LogP) is 1.33. The molecule has 0 radical (unpaired) electrons. The van der Waals surface area contributed by atoms with Gasteiger partial charge in [-0.15, -0.1) is 0 Å². The number of halogens is 1. The highest BCUT2D eigenvalue weighted by Gasteiger charge is 2.33. The molecule has 1 aromatic rings. The lowest BCUT2D eigenvalue weighted by molar-refractivity contribution is 0.226. The fraction of sp³-hybridized carbons (Fsp3) is 0.538. The molecule has 1 saturated carbocycles. The minimum Gasteiger partial charge on any atom is -0.396 e. The first-order valence-electron chi connectivity index (χ1n) is 6.64. The molecule has 0 spiro atoms. The molecule has 5 nitrogen and oxygen atoms in total. The van der Waals surface area contributed by atoms with Gasteiger partial charge in [0.2, 0.25) is 10.0 Å². The Morgan fingerprint density at radius 2 is 2.00 bits per heavy atom. The van der Waals surface area contributed by atoms with Crippen LogP contribution in [0.15, 0.2) is 23.1 Å². The monoisotopic (exact) mass is 302 g/mol. The average Bonchev–Trinajstić information content (AvgIpc) is 2.92. The zero-order valence-corrected chi connectivity index (χ0v) is 11.9. The third-order valence-electron chi connectivity index (χ3n) is 3.63. The van der Waals surface area contributed by atoms with Gasteiger partial charge < -0.3 is 10.8 Å². The molecule has 0 bridgehead atoms. The van der Waals surface area contributed by atoms with Crippen molar-refractivity contribution in [2.75, 3.05) is 18.9 Å². The molecule has 2 rings (SSSR count). The number of anilines is 1. The van der Waals surface area contributed by atoms with Crippen molar-refractivity contribution in [3.63, 3.8) is 0 Å². The zero-order valence-electron chi connectivity index (χ0n) is 11.1. The number of nitrogens with two attached hydrogens (primary N) is 1. The van der Waals surface area contributed by atoms with Crippen LogP contribution in [0.25, 0.3) is 0 Å². The molecule has 112 valence electrons. The fourth-order valence-electron chi connectivity index (χ4n) is 2.61. The summed E-state index contributed by atoms with van der Waals surface area (Å²) in [5.74, 6) is -0.640. The van der Waals surface area contributed by atoms with E-state index in [1.54, 1.807) is 0 Å². The van der Waals surface area contributed by atoms with Crippen molar-refractivity contribution in [2.45, 2.75) is 36.6 Å². The maximum atomic E-state index is 13.2. The van der Waals surface area contributed by atoms with E-state index < -0.39 is 15.8 Å². The highest BCUT2D eigenvalue weighted by atomic mass is 32.2. The molecular formula is C13H19FN2O3S. The Balaban J connectivity index is 2.36. The Labute approximate surface area is 118 Å². The van der Waals surface area contributed by atoms with Crippen molar-refractivity contribution >= 4 is 15.7 Å². The summed E-state index contributed by atoms with van der Waals surface area (Å²) >= 11 is 0. The van der Waals surface area contributed by atoms with E-state index in [1.807, 2.05) is 0 Å². The molecule has 0 aromatic heterocycles. The molecule has 1 fully saturated rings. The van der Waals surface area contributed by atoms with Crippen molar-refractivity contribution in [3.8, 4) is 0 Å². The number of rotatable bonds is 5. The quantitative estimate of drug-likeness (QED) is 0.804. The van der Waals surface area contributed by atoms with E-state index >= 15 is 0 Å². The third-order valence-corrected chi connectivity index (χ3v) is 5.57. The normalized spacial score (nSPS) is 16.9. The molecule has 1 aromatic carbocycles. The number of aliphatic hydroxyl groups is 1. The van der Waals surface area contributed by atoms with Crippen LogP contribution in [-0.2, 0) is 10.0 Å². The van der Waals surface area contributed by atoms with Crippen LogP contribution in [0.4, 0.5) is 10.1 Å². The van der Waals surface area contributed by atoms with Gasteiger partial charge in [0.1, 0.15) is 5.82 Å². The Bertz CT molecular complexity index is 571. The van der Waals surface area contributed by atoms with Crippen molar-refractivity contribution in [1.82, 2.24) is 4.31 Å². The van der Waals surface area contributed by atoms with E-state index in [0.717, 1.165) is 37.8 Å². The molecule has 0 saturated heterocycles. The first-order chi connectivity index (χ1) is 9.46. The summed E-state index contributed by atoms with van der Waals surface area (Å²) in [5, 5.41) is 9.12. The van der Waals surface area contributed by atoms with Gasteiger partial charge in [0, 0.05) is 12.6 Å². The van der Waals surface area contributed by atoms with Crippen molar-refractivity contribution in [3.05, 3.63) is 24.0 Å². The van der Waals surface area contributed by atoms with Gasteiger partial charge >= 0.3 is 0 Å². The molecule has 0 aliphatic heterocycles. The zero-order chi connectivity index (χ0) is 14.8. The molecule has 20 heavy (non-hydrogen) atoms. The van der Waals surface area contributed by atoms with E-state index in [1.165, 1.54) is 10.4 Å². The van der Waals surface area contributed by atoms with Crippen LogP contribution >= 0.6 is 0 Å². The molecule has 0 amide bonds. The van der Waals surface area contributed by atoms with Crippen molar-refractivity contribution < 1.29 is 17.9 Å². The Morgan fingerprint density at radius 1 is 1.35 bits per heavy atom. The van der Waals surface area contributed by atoms with Crippen LogP contribution in [0.3, 0.4) is 0 Å². The summed E-state index contributed by atoms with van der Waals surface area (Å²) in [7, 11) is -3.76. The summed E-state index contributed by atoms with van der Waals surface area (Å²) < 4.78 is 39.7.